The number of sulfone groups is 1. The molecule has 0 spiro atoms. The lowest BCUT2D eigenvalue weighted by atomic mass is 9.81. The van der Waals surface area contributed by atoms with Crippen molar-refractivity contribution >= 4 is 21.7 Å². The minimum atomic E-state index is -3.19. The van der Waals surface area contributed by atoms with E-state index in [-0.39, 0.29) is 53.9 Å². The summed E-state index contributed by atoms with van der Waals surface area (Å²) in [4.78, 5) is 25.9. The van der Waals surface area contributed by atoms with Crippen LogP contribution in [0.5, 0.6) is 0 Å². The largest absolute Gasteiger partial charge is 0.373 e. The number of ether oxygens (including phenoxy) is 1. The number of nitrogens with zero attached hydrogens (tertiary/aromatic N) is 1. The highest BCUT2D eigenvalue weighted by Crippen LogP contribution is 2.48. The number of carbonyl (C=O) groups excluding carboxylic acids is 2. The molecule has 6 nitrogen and oxygen atoms in total. The van der Waals surface area contributed by atoms with Gasteiger partial charge in [-0.1, -0.05) is 13.3 Å². The lowest BCUT2D eigenvalue weighted by molar-refractivity contribution is -0.142. The van der Waals surface area contributed by atoms with Crippen molar-refractivity contribution in [2.45, 2.75) is 44.8 Å². The van der Waals surface area contributed by atoms with Crippen LogP contribution in [-0.2, 0) is 24.2 Å². The van der Waals surface area contributed by atoms with Gasteiger partial charge in [-0.05, 0) is 19.3 Å². The molecular formula is C14H21NO5S. The Morgan fingerprint density at radius 2 is 1.67 bits per heavy atom. The first-order chi connectivity index (χ1) is 9.94. The molecule has 4 atom stereocenters. The van der Waals surface area contributed by atoms with Crippen LogP contribution in [0.25, 0.3) is 0 Å². The maximum atomic E-state index is 12.3. The molecule has 0 aromatic rings. The normalized spacial score (nSPS) is 34.8. The molecule has 3 aliphatic rings. The van der Waals surface area contributed by atoms with Gasteiger partial charge in [-0.15, -0.1) is 0 Å². The summed E-state index contributed by atoms with van der Waals surface area (Å²) in [7, 11) is -3.19. The number of imide groups is 1. The second-order valence-electron chi connectivity index (χ2n) is 6.18. The van der Waals surface area contributed by atoms with Gasteiger partial charge in [0.05, 0.1) is 35.5 Å². The van der Waals surface area contributed by atoms with Crippen molar-refractivity contribution in [1.82, 2.24) is 4.90 Å². The number of amides is 2. The second kappa shape index (κ2) is 5.35. The molecule has 3 aliphatic heterocycles. The summed E-state index contributed by atoms with van der Waals surface area (Å²) < 4.78 is 29.4. The average molecular weight is 315 g/mol. The van der Waals surface area contributed by atoms with Gasteiger partial charge in [-0.25, -0.2) is 8.42 Å². The van der Waals surface area contributed by atoms with E-state index >= 15 is 0 Å². The van der Waals surface area contributed by atoms with Crippen LogP contribution in [0.2, 0.25) is 0 Å². The van der Waals surface area contributed by atoms with Crippen LogP contribution in [-0.4, -0.2) is 55.4 Å². The monoisotopic (exact) mass is 315 g/mol. The zero-order valence-electron chi connectivity index (χ0n) is 12.2. The van der Waals surface area contributed by atoms with Gasteiger partial charge in [0.15, 0.2) is 9.84 Å². The number of likely N-dealkylation sites (tertiary alicyclic amines) is 1. The van der Waals surface area contributed by atoms with E-state index in [1.165, 1.54) is 0 Å². The van der Waals surface area contributed by atoms with Crippen LogP contribution in [0.3, 0.4) is 0 Å². The Balaban J connectivity index is 1.65. The van der Waals surface area contributed by atoms with Gasteiger partial charge in [-0.3, -0.25) is 14.5 Å². The average Bonchev–Trinajstić information content (AvgIpc) is 3.10. The third-order valence-corrected chi connectivity index (χ3v) is 6.53. The summed E-state index contributed by atoms with van der Waals surface area (Å²) >= 11 is 0. The van der Waals surface area contributed by atoms with Gasteiger partial charge in [0.25, 0.3) is 0 Å². The molecule has 7 heteroatoms. The molecule has 118 valence electrons. The molecular weight excluding hydrogens is 294 g/mol. The lowest BCUT2D eigenvalue weighted by Gasteiger charge is -2.17. The maximum Gasteiger partial charge on any atom is 0.235 e. The van der Waals surface area contributed by atoms with Crippen molar-refractivity contribution in [3.05, 3.63) is 0 Å². The Morgan fingerprint density at radius 3 is 2.19 bits per heavy atom. The minimum Gasteiger partial charge on any atom is -0.373 e. The van der Waals surface area contributed by atoms with Crippen molar-refractivity contribution in [2.24, 2.45) is 11.8 Å². The molecule has 0 aromatic carbocycles. The summed E-state index contributed by atoms with van der Waals surface area (Å²) in [5.41, 5.74) is 0. The first-order valence-corrected chi connectivity index (χ1v) is 9.48. The Kier molecular flexibility index (Phi) is 3.81. The smallest absolute Gasteiger partial charge is 0.235 e. The molecule has 0 radical (unpaired) electrons. The van der Waals surface area contributed by atoms with Crippen LogP contribution in [0, 0.1) is 11.8 Å². The van der Waals surface area contributed by atoms with E-state index in [4.69, 9.17) is 4.74 Å². The first kappa shape index (κ1) is 15.0. The number of hydrogen-bond acceptors (Lipinski definition) is 5. The number of rotatable bonds is 6. The summed E-state index contributed by atoms with van der Waals surface area (Å²) in [5, 5.41) is 0. The van der Waals surface area contributed by atoms with Crippen LogP contribution in [0.4, 0.5) is 0 Å². The third kappa shape index (κ3) is 2.50. The number of unbranched alkanes of at least 4 members (excludes halogenated alkanes) is 1. The SMILES string of the molecule is CCCCS(=O)(=O)CCN1C(=O)[C@@H]2[C@@H](C1=O)[C@H]1CC[C@@H]2O1. The highest BCUT2D eigenvalue weighted by atomic mass is 32.2. The second-order valence-corrected chi connectivity index (χ2v) is 8.48. The fourth-order valence-electron chi connectivity index (χ4n) is 3.69. The zero-order valence-corrected chi connectivity index (χ0v) is 13.0. The molecule has 0 N–H and O–H groups in total. The Hall–Kier alpha value is -0.950. The molecule has 2 bridgehead atoms. The van der Waals surface area contributed by atoms with E-state index in [1.807, 2.05) is 6.92 Å². The molecule has 3 rings (SSSR count). The minimum absolute atomic E-state index is 0.00382. The molecule has 0 aliphatic carbocycles. The third-order valence-electron chi connectivity index (χ3n) is 4.81. The van der Waals surface area contributed by atoms with Crippen LogP contribution < -0.4 is 0 Å². The fourth-order valence-corrected chi connectivity index (χ4v) is 5.08. The number of fused-ring (bicyclic) bond motifs is 5. The summed E-state index contributed by atoms with van der Waals surface area (Å²) in [6.45, 7) is 1.93. The lowest BCUT2D eigenvalue weighted by Crippen LogP contribution is -2.38. The van der Waals surface area contributed by atoms with Gasteiger partial charge < -0.3 is 4.74 Å². The Bertz CT molecular complexity index is 530. The van der Waals surface area contributed by atoms with Crippen molar-refractivity contribution < 1.29 is 22.7 Å². The number of carbonyl (C=O) groups is 2. The van der Waals surface area contributed by atoms with Crippen LogP contribution >= 0.6 is 0 Å². The van der Waals surface area contributed by atoms with Crippen molar-refractivity contribution in [2.75, 3.05) is 18.1 Å². The highest BCUT2D eigenvalue weighted by molar-refractivity contribution is 7.91. The van der Waals surface area contributed by atoms with E-state index in [2.05, 4.69) is 0 Å². The van der Waals surface area contributed by atoms with E-state index in [0.29, 0.717) is 6.42 Å². The van der Waals surface area contributed by atoms with E-state index in [1.54, 1.807) is 0 Å². The summed E-state index contributed by atoms with van der Waals surface area (Å²) in [6.07, 6.45) is 2.80. The summed E-state index contributed by atoms with van der Waals surface area (Å²) in [6, 6.07) is 0. The molecule has 0 unspecified atom stereocenters. The molecule has 0 aromatic heterocycles. The predicted molar refractivity (Wildman–Crippen MR) is 75.2 cm³/mol. The highest BCUT2D eigenvalue weighted by Gasteiger charge is 2.62. The first-order valence-electron chi connectivity index (χ1n) is 7.65. The quantitative estimate of drug-likeness (QED) is 0.661. The Morgan fingerprint density at radius 1 is 1.10 bits per heavy atom. The van der Waals surface area contributed by atoms with Crippen molar-refractivity contribution in [3.8, 4) is 0 Å². The van der Waals surface area contributed by atoms with Crippen LogP contribution in [0.1, 0.15) is 32.6 Å². The van der Waals surface area contributed by atoms with Crippen molar-refractivity contribution in [1.29, 1.82) is 0 Å². The summed E-state index contributed by atoms with van der Waals surface area (Å²) in [5.74, 6) is -1.20. The van der Waals surface area contributed by atoms with E-state index < -0.39 is 9.84 Å². The molecule has 3 heterocycles. The van der Waals surface area contributed by atoms with Crippen molar-refractivity contribution in [3.63, 3.8) is 0 Å². The van der Waals surface area contributed by atoms with E-state index in [0.717, 1.165) is 24.2 Å². The standard InChI is InChI=1S/C14H21NO5S/c1-2-3-7-21(18,19)8-6-15-13(16)11-9-4-5-10(20-9)12(11)14(15)17/h9-12H,2-8H2,1H3/t9-,10+,11-,12-/m0/s1. The van der Waals surface area contributed by atoms with Gasteiger partial charge in [-0.2, -0.15) is 0 Å². The van der Waals surface area contributed by atoms with Gasteiger partial charge >= 0.3 is 0 Å². The van der Waals surface area contributed by atoms with Crippen LogP contribution in [0.15, 0.2) is 0 Å². The molecule has 21 heavy (non-hydrogen) atoms. The molecule has 3 saturated heterocycles. The van der Waals surface area contributed by atoms with E-state index in [9.17, 15) is 18.0 Å². The molecule has 2 amide bonds. The molecule has 0 saturated carbocycles. The Labute approximate surface area is 124 Å². The molecule has 3 fully saturated rings. The topological polar surface area (TPSA) is 80.8 Å². The van der Waals surface area contributed by atoms with Gasteiger partial charge in [0, 0.05) is 6.54 Å². The maximum absolute atomic E-state index is 12.3. The number of hydrogen-bond donors (Lipinski definition) is 0. The van der Waals surface area contributed by atoms with Gasteiger partial charge in [0.2, 0.25) is 11.8 Å². The zero-order chi connectivity index (χ0) is 15.2. The van der Waals surface area contributed by atoms with Gasteiger partial charge in [0.1, 0.15) is 0 Å². The predicted octanol–water partition coefficient (Wildman–Crippen LogP) is 0.364. The fraction of sp³-hybridized carbons (Fsp3) is 0.857.